The van der Waals surface area contributed by atoms with E-state index in [1.807, 2.05) is 6.92 Å². The van der Waals surface area contributed by atoms with Crippen LogP contribution in [0.2, 0.25) is 0 Å². The summed E-state index contributed by atoms with van der Waals surface area (Å²) >= 11 is 1.20. The summed E-state index contributed by atoms with van der Waals surface area (Å²) in [5, 5.41) is 7.63. The zero-order valence-corrected chi connectivity index (χ0v) is 15.8. The highest BCUT2D eigenvalue weighted by Gasteiger charge is 2.38. The summed E-state index contributed by atoms with van der Waals surface area (Å²) in [6.45, 7) is 6.21. The van der Waals surface area contributed by atoms with Crippen molar-refractivity contribution < 1.29 is 18.0 Å². The van der Waals surface area contributed by atoms with E-state index < -0.39 is 15.3 Å². The maximum Gasteiger partial charge on any atom is 0.242 e. The number of nitrogens with two attached hydrogens (primary N) is 1. The van der Waals surface area contributed by atoms with Gasteiger partial charge in [-0.15, -0.1) is 6.58 Å². The van der Waals surface area contributed by atoms with Crippen molar-refractivity contribution >= 4 is 44.5 Å². The Morgan fingerprint density at radius 3 is 2.62 bits per heavy atom. The molecule has 1 heterocycles. The normalized spacial score (nSPS) is 19.0. The highest BCUT2D eigenvalue weighted by Crippen LogP contribution is 2.31. The molecule has 0 aromatic heterocycles. The first-order chi connectivity index (χ1) is 12.3. The van der Waals surface area contributed by atoms with Crippen molar-refractivity contribution in [2.24, 2.45) is 10.1 Å². The zero-order chi connectivity index (χ0) is 19.3. The second kappa shape index (κ2) is 8.47. The molecule has 0 aliphatic carbocycles. The molecule has 1 aromatic rings. The predicted molar refractivity (Wildman–Crippen MR) is 101 cm³/mol. The third kappa shape index (κ3) is 4.93. The van der Waals surface area contributed by atoms with Gasteiger partial charge in [-0.3, -0.25) is 14.5 Å². The Labute approximate surface area is 156 Å². The number of carbonyl (C=O) groups excluding carboxylic acids is 2. The number of thioether (sulfide) groups is 1. The first-order valence-electron chi connectivity index (χ1n) is 7.83. The maximum atomic E-state index is 12.5. The van der Waals surface area contributed by atoms with Crippen LogP contribution in [0.1, 0.15) is 13.3 Å². The summed E-state index contributed by atoms with van der Waals surface area (Å²) in [5.74, 6) is -0.406. The summed E-state index contributed by atoms with van der Waals surface area (Å²) < 4.78 is 22.6. The van der Waals surface area contributed by atoms with E-state index in [1.165, 1.54) is 40.9 Å². The van der Waals surface area contributed by atoms with E-state index >= 15 is 0 Å². The number of nitrogens with one attached hydrogen (secondary N) is 1. The van der Waals surface area contributed by atoms with Crippen molar-refractivity contribution in [2.45, 2.75) is 23.5 Å². The second-order valence-corrected chi connectivity index (χ2v) is 8.17. The van der Waals surface area contributed by atoms with Crippen LogP contribution in [0.25, 0.3) is 0 Å². The molecule has 0 spiro atoms. The number of carbonyl (C=O) groups is 2. The van der Waals surface area contributed by atoms with Crippen LogP contribution in [-0.2, 0) is 19.6 Å². The van der Waals surface area contributed by atoms with Gasteiger partial charge in [0.1, 0.15) is 5.25 Å². The molecule has 1 aromatic carbocycles. The number of hydrogen-bond acceptors (Lipinski definition) is 6. The molecule has 8 nitrogen and oxygen atoms in total. The number of rotatable bonds is 7. The van der Waals surface area contributed by atoms with Crippen molar-refractivity contribution in [3.8, 4) is 0 Å². The first kappa shape index (κ1) is 20.1. The van der Waals surface area contributed by atoms with Crippen LogP contribution in [0.4, 0.5) is 5.69 Å². The van der Waals surface area contributed by atoms with Gasteiger partial charge in [0.05, 0.1) is 10.6 Å². The third-order valence-electron chi connectivity index (χ3n) is 3.47. The second-order valence-electron chi connectivity index (χ2n) is 5.43. The average molecular weight is 396 g/mol. The lowest BCUT2D eigenvalue weighted by molar-refractivity contribution is -0.129. The molecule has 10 heteroatoms. The molecule has 1 fully saturated rings. The molecule has 1 saturated heterocycles. The Kier molecular flexibility index (Phi) is 6.57. The molecule has 0 radical (unpaired) electrons. The van der Waals surface area contributed by atoms with Gasteiger partial charge in [-0.25, -0.2) is 18.5 Å². The van der Waals surface area contributed by atoms with Crippen LogP contribution in [0.5, 0.6) is 0 Å². The molecule has 2 amide bonds. The fraction of sp³-hybridized carbons (Fsp3) is 0.312. The molecular weight excluding hydrogens is 376 g/mol. The number of benzene rings is 1. The van der Waals surface area contributed by atoms with Gasteiger partial charge >= 0.3 is 0 Å². The molecule has 1 aliphatic heterocycles. The maximum absolute atomic E-state index is 12.5. The molecule has 0 saturated carbocycles. The van der Waals surface area contributed by atoms with Gasteiger partial charge in [-0.1, -0.05) is 17.8 Å². The third-order valence-corrected chi connectivity index (χ3v) is 5.57. The zero-order valence-electron chi connectivity index (χ0n) is 14.2. The standard InChI is InChI=1S/C16H20N4O4S2/c1-3-9-20-15(22)13(10-14(21)18-4-2)25-16(20)19-11-5-7-12(8-6-11)26(17,23)24/h3,5-8,13H,1,4,9-10H2,2H3,(H,18,21)(H2,17,23,24)/t13-/m0/s1. The molecular formula is C16H20N4O4S2. The first-order valence-corrected chi connectivity index (χ1v) is 10.3. The van der Waals surface area contributed by atoms with Crippen LogP contribution in [0, 0.1) is 0 Å². The molecule has 3 N–H and O–H groups in total. The van der Waals surface area contributed by atoms with Crippen LogP contribution >= 0.6 is 11.8 Å². The molecule has 0 unspecified atom stereocenters. The number of amides is 2. The minimum absolute atomic E-state index is 0.0198. The van der Waals surface area contributed by atoms with Gasteiger partial charge in [0, 0.05) is 19.5 Å². The monoisotopic (exact) mass is 396 g/mol. The van der Waals surface area contributed by atoms with Crippen molar-refractivity contribution in [3.05, 3.63) is 36.9 Å². The molecule has 140 valence electrons. The minimum atomic E-state index is -3.78. The Hall–Kier alpha value is -2.17. The lowest BCUT2D eigenvalue weighted by Gasteiger charge is -2.13. The van der Waals surface area contributed by atoms with Gasteiger partial charge < -0.3 is 5.32 Å². The van der Waals surface area contributed by atoms with Gasteiger partial charge in [0.15, 0.2) is 5.17 Å². The molecule has 1 aliphatic rings. The highest BCUT2D eigenvalue weighted by atomic mass is 32.2. The number of amidine groups is 1. The number of nitrogens with zero attached hydrogens (tertiary/aromatic N) is 2. The Bertz CT molecular complexity index is 834. The minimum Gasteiger partial charge on any atom is -0.356 e. The van der Waals surface area contributed by atoms with E-state index in [-0.39, 0.29) is 29.7 Å². The summed E-state index contributed by atoms with van der Waals surface area (Å²) in [4.78, 5) is 30.1. The summed E-state index contributed by atoms with van der Waals surface area (Å²) in [6, 6.07) is 5.70. The summed E-state index contributed by atoms with van der Waals surface area (Å²) in [6.07, 6.45) is 1.64. The lowest BCUT2D eigenvalue weighted by atomic mass is 10.2. The van der Waals surface area contributed by atoms with Gasteiger partial charge in [-0.05, 0) is 31.2 Å². The van der Waals surface area contributed by atoms with E-state index in [4.69, 9.17) is 5.14 Å². The molecule has 2 rings (SSSR count). The number of hydrogen-bond donors (Lipinski definition) is 2. The average Bonchev–Trinajstić information content (AvgIpc) is 2.84. The van der Waals surface area contributed by atoms with Crippen molar-refractivity contribution in [3.63, 3.8) is 0 Å². The quantitative estimate of drug-likeness (QED) is 0.665. The van der Waals surface area contributed by atoms with Crippen molar-refractivity contribution in [1.82, 2.24) is 10.2 Å². The fourth-order valence-electron chi connectivity index (χ4n) is 2.28. The number of sulfonamides is 1. The fourth-order valence-corrected chi connectivity index (χ4v) is 3.96. The van der Waals surface area contributed by atoms with E-state index in [0.29, 0.717) is 17.4 Å². The molecule has 0 bridgehead atoms. The number of primary sulfonamides is 1. The summed E-state index contributed by atoms with van der Waals surface area (Å²) in [5.41, 5.74) is 0.473. The Morgan fingerprint density at radius 1 is 1.42 bits per heavy atom. The van der Waals surface area contributed by atoms with Crippen LogP contribution in [-0.4, -0.2) is 48.6 Å². The largest absolute Gasteiger partial charge is 0.356 e. The van der Waals surface area contributed by atoms with Crippen LogP contribution in [0.3, 0.4) is 0 Å². The SMILES string of the molecule is C=CCN1C(=O)[C@H](CC(=O)NCC)SC1=Nc1ccc(S(N)(=O)=O)cc1. The van der Waals surface area contributed by atoms with E-state index in [0.717, 1.165) is 0 Å². The number of aliphatic imine (C=N–C) groups is 1. The molecule has 26 heavy (non-hydrogen) atoms. The van der Waals surface area contributed by atoms with Gasteiger partial charge in [0.2, 0.25) is 21.8 Å². The van der Waals surface area contributed by atoms with Gasteiger partial charge in [0.25, 0.3) is 0 Å². The van der Waals surface area contributed by atoms with E-state index in [9.17, 15) is 18.0 Å². The highest BCUT2D eigenvalue weighted by molar-refractivity contribution is 8.15. The van der Waals surface area contributed by atoms with E-state index in [2.05, 4.69) is 16.9 Å². The Balaban J connectivity index is 2.24. The summed E-state index contributed by atoms with van der Waals surface area (Å²) in [7, 11) is -3.78. The Morgan fingerprint density at radius 2 is 2.08 bits per heavy atom. The van der Waals surface area contributed by atoms with Crippen LogP contribution in [0.15, 0.2) is 46.8 Å². The smallest absolute Gasteiger partial charge is 0.242 e. The molecule has 1 atom stereocenters. The predicted octanol–water partition coefficient (Wildman–Crippen LogP) is 0.978. The van der Waals surface area contributed by atoms with E-state index in [1.54, 1.807) is 6.08 Å². The van der Waals surface area contributed by atoms with Crippen LogP contribution < -0.4 is 10.5 Å². The van der Waals surface area contributed by atoms with Crippen molar-refractivity contribution in [2.75, 3.05) is 13.1 Å². The lowest BCUT2D eigenvalue weighted by Crippen LogP contribution is -2.34. The topological polar surface area (TPSA) is 122 Å². The van der Waals surface area contributed by atoms with Crippen molar-refractivity contribution in [1.29, 1.82) is 0 Å². The van der Waals surface area contributed by atoms with Gasteiger partial charge in [-0.2, -0.15) is 0 Å².